The number of carbonyl (C=O) groups is 1. The summed E-state index contributed by atoms with van der Waals surface area (Å²) in [6.07, 6.45) is -1.96. The Hall–Kier alpha value is -1.78. The molecule has 0 bridgehead atoms. The highest BCUT2D eigenvalue weighted by molar-refractivity contribution is 5.77. The maximum Gasteiger partial charge on any atom is 0.345 e. The van der Waals surface area contributed by atoms with Crippen LogP contribution in [0, 0.1) is 0 Å². The van der Waals surface area contributed by atoms with Gasteiger partial charge in [0.05, 0.1) is 14.2 Å². The Morgan fingerprint density at radius 2 is 2.13 bits per heavy atom. The van der Waals surface area contributed by atoms with Crippen LogP contribution in [0.5, 0.6) is 11.5 Å². The third kappa shape index (κ3) is 2.37. The van der Waals surface area contributed by atoms with Crippen LogP contribution in [0.3, 0.4) is 0 Å². The fourth-order valence-corrected chi connectivity index (χ4v) is 1.15. The van der Waals surface area contributed by atoms with Crippen molar-refractivity contribution < 1.29 is 23.8 Å². The van der Waals surface area contributed by atoms with E-state index in [2.05, 4.69) is 4.74 Å². The number of aromatic hydroxyl groups is 1. The van der Waals surface area contributed by atoms with Gasteiger partial charge >= 0.3 is 5.97 Å². The molecule has 0 heterocycles. The molecule has 0 fully saturated rings. The summed E-state index contributed by atoms with van der Waals surface area (Å²) in [4.78, 5) is 11.0. The molecular weight excluding hydrogens is 203 g/mol. The smallest absolute Gasteiger partial charge is 0.345 e. The fourth-order valence-electron chi connectivity index (χ4n) is 1.15. The molecule has 0 spiro atoms. The molecule has 4 nitrogen and oxygen atoms in total. The maximum absolute atomic E-state index is 13.5. The lowest BCUT2D eigenvalue weighted by Crippen LogP contribution is -2.10. The Balaban J connectivity index is 3.10. The molecule has 1 N–H and O–H groups in total. The van der Waals surface area contributed by atoms with Crippen molar-refractivity contribution in [2.24, 2.45) is 0 Å². The number of rotatable bonds is 3. The van der Waals surface area contributed by atoms with Crippen LogP contribution < -0.4 is 4.74 Å². The molecule has 0 aliphatic carbocycles. The minimum Gasteiger partial charge on any atom is -0.508 e. The van der Waals surface area contributed by atoms with E-state index in [0.717, 1.165) is 13.2 Å². The van der Waals surface area contributed by atoms with Gasteiger partial charge < -0.3 is 14.6 Å². The van der Waals surface area contributed by atoms with Gasteiger partial charge in [0.15, 0.2) is 0 Å². The van der Waals surface area contributed by atoms with Gasteiger partial charge in [-0.1, -0.05) is 0 Å². The number of benzene rings is 1. The number of phenolic OH excluding ortho intramolecular Hbond substituents is 1. The highest BCUT2D eigenvalue weighted by Crippen LogP contribution is 2.31. The number of hydrogen-bond acceptors (Lipinski definition) is 4. The summed E-state index contributed by atoms with van der Waals surface area (Å²) in [6.45, 7) is 0. The van der Waals surface area contributed by atoms with Gasteiger partial charge in [0.2, 0.25) is 6.17 Å². The van der Waals surface area contributed by atoms with Gasteiger partial charge in [0.1, 0.15) is 11.5 Å². The molecule has 82 valence electrons. The molecule has 0 amide bonds. The molecular formula is C10H11FO4. The number of ether oxygens (including phenoxy) is 2. The largest absolute Gasteiger partial charge is 0.508 e. The summed E-state index contributed by atoms with van der Waals surface area (Å²) in [5.41, 5.74) is -0.0515. The van der Waals surface area contributed by atoms with Crippen molar-refractivity contribution in [3.63, 3.8) is 0 Å². The molecule has 0 aliphatic heterocycles. The molecule has 0 saturated heterocycles. The molecule has 0 aromatic heterocycles. The predicted octanol–water partition coefficient (Wildman–Crippen LogP) is 1.58. The quantitative estimate of drug-likeness (QED) is 0.776. The third-order valence-electron chi connectivity index (χ3n) is 1.89. The van der Waals surface area contributed by atoms with Crippen molar-refractivity contribution in [2.75, 3.05) is 14.2 Å². The van der Waals surface area contributed by atoms with E-state index in [0.29, 0.717) is 0 Å². The first-order chi connectivity index (χ1) is 7.10. The van der Waals surface area contributed by atoms with Gasteiger partial charge in [-0.3, -0.25) is 0 Å². The van der Waals surface area contributed by atoms with Gasteiger partial charge in [-0.25, -0.2) is 9.18 Å². The average molecular weight is 214 g/mol. The molecule has 1 aromatic rings. The van der Waals surface area contributed by atoms with E-state index in [4.69, 9.17) is 9.84 Å². The van der Waals surface area contributed by atoms with Gasteiger partial charge in [0, 0.05) is 5.56 Å². The molecule has 5 heteroatoms. The highest BCUT2D eigenvalue weighted by Gasteiger charge is 2.24. The Labute approximate surface area is 86.2 Å². The molecule has 1 unspecified atom stereocenters. The molecule has 1 aromatic carbocycles. The SMILES string of the molecule is COC(=O)C(F)c1cc(O)ccc1OC. The Kier molecular flexibility index (Phi) is 3.49. The van der Waals surface area contributed by atoms with E-state index >= 15 is 0 Å². The first-order valence-corrected chi connectivity index (χ1v) is 4.19. The first kappa shape index (κ1) is 11.3. The number of methoxy groups -OCH3 is 2. The van der Waals surface area contributed by atoms with Crippen LogP contribution in [0.4, 0.5) is 4.39 Å². The van der Waals surface area contributed by atoms with Crippen LogP contribution in [-0.4, -0.2) is 25.3 Å². The average Bonchev–Trinajstić information content (AvgIpc) is 2.27. The van der Waals surface area contributed by atoms with Gasteiger partial charge in [-0.2, -0.15) is 0 Å². The summed E-state index contributed by atoms with van der Waals surface area (Å²) in [7, 11) is 2.43. The molecule has 0 aliphatic rings. The van der Waals surface area contributed by atoms with Crippen LogP contribution in [-0.2, 0) is 9.53 Å². The van der Waals surface area contributed by atoms with E-state index in [-0.39, 0.29) is 17.1 Å². The zero-order valence-electron chi connectivity index (χ0n) is 8.36. The van der Waals surface area contributed by atoms with E-state index in [1.54, 1.807) is 0 Å². The summed E-state index contributed by atoms with van der Waals surface area (Å²) in [5, 5.41) is 9.16. The standard InChI is InChI=1S/C10H11FO4/c1-14-8-4-3-6(12)5-7(8)9(11)10(13)15-2/h3-5,9,12H,1-2H3. The Morgan fingerprint density at radius 1 is 1.47 bits per heavy atom. The zero-order chi connectivity index (χ0) is 11.4. The minimum atomic E-state index is -1.96. The fraction of sp³-hybridized carbons (Fsp3) is 0.300. The lowest BCUT2D eigenvalue weighted by atomic mass is 10.1. The Bertz CT molecular complexity index is 364. The van der Waals surface area contributed by atoms with Gasteiger partial charge in [-0.15, -0.1) is 0 Å². The monoisotopic (exact) mass is 214 g/mol. The van der Waals surface area contributed by atoms with Crippen molar-refractivity contribution in [3.05, 3.63) is 23.8 Å². The third-order valence-corrected chi connectivity index (χ3v) is 1.89. The zero-order valence-corrected chi connectivity index (χ0v) is 8.36. The van der Waals surface area contributed by atoms with E-state index < -0.39 is 12.1 Å². The number of phenols is 1. The van der Waals surface area contributed by atoms with Crippen molar-refractivity contribution >= 4 is 5.97 Å². The Morgan fingerprint density at radius 3 is 2.67 bits per heavy atom. The van der Waals surface area contributed by atoms with Gasteiger partial charge in [-0.05, 0) is 18.2 Å². The number of alkyl halides is 1. The number of carbonyl (C=O) groups excluding carboxylic acids is 1. The summed E-state index contributed by atoms with van der Waals surface area (Å²) in [5.74, 6) is -0.984. The molecule has 1 atom stereocenters. The highest BCUT2D eigenvalue weighted by atomic mass is 19.1. The van der Waals surface area contributed by atoms with Crippen molar-refractivity contribution in [3.8, 4) is 11.5 Å². The number of hydrogen-bond donors (Lipinski definition) is 1. The normalized spacial score (nSPS) is 11.9. The lowest BCUT2D eigenvalue weighted by molar-refractivity contribution is -0.146. The minimum absolute atomic E-state index is 0.0515. The van der Waals surface area contributed by atoms with Crippen LogP contribution >= 0.6 is 0 Å². The summed E-state index contributed by atoms with van der Waals surface area (Å²) < 4.78 is 22.6. The molecule has 0 radical (unpaired) electrons. The van der Waals surface area contributed by atoms with Crippen molar-refractivity contribution in [1.29, 1.82) is 0 Å². The molecule has 15 heavy (non-hydrogen) atoms. The van der Waals surface area contributed by atoms with Crippen molar-refractivity contribution in [1.82, 2.24) is 0 Å². The first-order valence-electron chi connectivity index (χ1n) is 4.19. The molecule has 0 saturated carbocycles. The van der Waals surface area contributed by atoms with Crippen LogP contribution in [0.25, 0.3) is 0 Å². The van der Waals surface area contributed by atoms with E-state index in [1.807, 2.05) is 0 Å². The number of halogens is 1. The predicted molar refractivity (Wildman–Crippen MR) is 50.5 cm³/mol. The summed E-state index contributed by atoms with van der Waals surface area (Å²) >= 11 is 0. The topological polar surface area (TPSA) is 55.8 Å². The summed E-state index contributed by atoms with van der Waals surface area (Å²) in [6, 6.07) is 3.84. The van der Waals surface area contributed by atoms with Crippen LogP contribution in [0.1, 0.15) is 11.7 Å². The van der Waals surface area contributed by atoms with Crippen LogP contribution in [0.15, 0.2) is 18.2 Å². The van der Waals surface area contributed by atoms with E-state index in [9.17, 15) is 9.18 Å². The van der Waals surface area contributed by atoms with E-state index in [1.165, 1.54) is 19.2 Å². The van der Waals surface area contributed by atoms with Gasteiger partial charge in [0.25, 0.3) is 0 Å². The lowest BCUT2D eigenvalue weighted by Gasteiger charge is -2.11. The molecule has 1 rings (SSSR count). The second-order valence-corrected chi connectivity index (χ2v) is 2.81. The second-order valence-electron chi connectivity index (χ2n) is 2.81. The van der Waals surface area contributed by atoms with Crippen LogP contribution in [0.2, 0.25) is 0 Å². The number of esters is 1. The second kappa shape index (κ2) is 4.63. The van der Waals surface area contributed by atoms with Crippen molar-refractivity contribution in [2.45, 2.75) is 6.17 Å². The maximum atomic E-state index is 13.5.